The Labute approximate surface area is 100 Å². The SMILES string of the molecule is NCc1nc(C(=O)CC2CCCCC2)cs1. The van der Waals surface area contributed by atoms with Crippen molar-refractivity contribution in [3.05, 3.63) is 16.1 Å². The predicted molar refractivity (Wildman–Crippen MR) is 65.5 cm³/mol. The Kier molecular flexibility index (Phi) is 4.07. The van der Waals surface area contributed by atoms with Crippen LogP contribution in [0.4, 0.5) is 0 Å². The van der Waals surface area contributed by atoms with Crippen LogP contribution in [0.1, 0.15) is 54.0 Å². The number of rotatable bonds is 4. The van der Waals surface area contributed by atoms with E-state index in [1.165, 1.54) is 43.4 Å². The molecule has 0 spiro atoms. The number of aromatic nitrogens is 1. The van der Waals surface area contributed by atoms with Gasteiger partial charge in [0.05, 0.1) is 0 Å². The number of hydrogen-bond donors (Lipinski definition) is 1. The molecule has 3 nitrogen and oxygen atoms in total. The first-order valence-electron chi connectivity index (χ1n) is 5.97. The van der Waals surface area contributed by atoms with Crippen LogP contribution in [0.2, 0.25) is 0 Å². The van der Waals surface area contributed by atoms with Gasteiger partial charge in [-0.1, -0.05) is 32.1 Å². The van der Waals surface area contributed by atoms with Crippen molar-refractivity contribution in [2.45, 2.75) is 45.1 Å². The first kappa shape index (κ1) is 11.7. The summed E-state index contributed by atoms with van der Waals surface area (Å²) in [5.74, 6) is 0.784. The van der Waals surface area contributed by atoms with Crippen molar-refractivity contribution in [2.24, 2.45) is 11.7 Å². The van der Waals surface area contributed by atoms with Gasteiger partial charge in [-0.15, -0.1) is 11.3 Å². The standard InChI is InChI=1S/C12H18N2OS/c13-7-12-14-10(8-16-12)11(15)6-9-4-2-1-3-5-9/h8-9H,1-7,13H2. The number of nitrogens with zero attached hydrogens (tertiary/aromatic N) is 1. The van der Waals surface area contributed by atoms with Gasteiger partial charge in [0.25, 0.3) is 0 Å². The van der Waals surface area contributed by atoms with Gasteiger partial charge in [-0.2, -0.15) is 0 Å². The highest BCUT2D eigenvalue weighted by Gasteiger charge is 2.19. The van der Waals surface area contributed by atoms with Crippen LogP contribution in [0.15, 0.2) is 5.38 Å². The van der Waals surface area contributed by atoms with Crippen LogP contribution >= 0.6 is 11.3 Å². The minimum absolute atomic E-state index is 0.197. The molecule has 1 aliphatic carbocycles. The summed E-state index contributed by atoms with van der Waals surface area (Å²) in [6.07, 6.45) is 6.98. The summed E-state index contributed by atoms with van der Waals surface area (Å²) in [7, 11) is 0. The Hall–Kier alpha value is -0.740. The largest absolute Gasteiger partial charge is 0.325 e. The van der Waals surface area contributed by atoms with Crippen molar-refractivity contribution in [1.29, 1.82) is 0 Å². The molecule has 2 N–H and O–H groups in total. The first-order chi connectivity index (χ1) is 7.79. The van der Waals surface area contributed by atoms with Crippen molar-refractivity contribution in [3.8, 4) is 0 Å². The normalized spacial score (nSPS) is 17.6. The lowest BCUT2D eigenvalue weighted by atomic mass is 9.85. The highest BCUT2D eigenvalue weighted by molar-refractivity contribution is 7.09. The molecule has 0 aromatic carbocycles. The fraction of sp³-hybridized carbons (Fsp3) is 0.667. The molecule has 4 heteroatoms. The third kappa shape index (κ3) is 2.89. The van der Waals surface area contributed by atoms with Gasteiger partial charge >= 0.3 is 0 Å². The van der Waals surface area contributed by atoms with Crippen molar-refractivity contribution in [1.82, 2.24) is 4.98 Å². The Morgan fingerprint density at radius 3 is 2.81 bits per heavy atom. The number of nitrogens with two attached hydrogens (primary N) is 1. The van der Waals surface area contributed by atoms with E-state index >= 15 is 0 Å². The molecule has 0 amide bonds. The highest BCUT2D eigenvalue weighted by Crippen LogP contribution is 2.27. The molecule has 1 fully saturated rings. The summed E-state index contributed by atoms with van der Waals surface area (Å²) in [5, 5.41) is 2.69. The van der Waals surface area contributed by atoms with Crippen LogP contribution < -0.4 is 5.73 Å². The van der Waals surface area contributed by atoms with Gasteiger partial charge in [-0.3, -0.25) is 4.79 Å². The van der Waals surface area contributed by atoms with Gasteiger partial charge in [0.15, 0.2) is 5.78 Å². The average molecular weight is 238 g/mol. The topological polar surface area (TPSA) is 56.0 Å². The number of thiazole rings is 1. The zero-order valence-electron chi connectivity index (χ0n) is 9.45. The Balaban J connectivity index is 1.91. The van der Waals surface area contributed by atoms with E-state index in [1.807, 2.05) is 5.38 Å². The summed E-state index contributed by atoms with van der Waals surface area (Å²) in [5.41, 5.74) is 6.11. The number of carbonyl (C=O) groups is 1. The van der Waals surface area contributed by atoms with Gasteiger partial charge in [0.2, 0.25) is 0 Å². The Bertz CT molecular complexity index is 356. The maximum absolute atomic E-state index is 11.9. The van der Waals surface area contributed by atoms with Gasteiger partial charge < -0.3 is 5.73 Å². The van der Waals surface area contributed by atoms with Crippen molar-refractivity contribution in [2.75, 3.05) is 0 Å². The lowest BCUT2D eigenvalue weighted by Gasteiger charge is -2.20. The maximum Gasteiger partial charge on any atom is 0.182 e. The van der Waals surface area contributed by atoms with Crippen LogP contribution in [0.5, 0.6) is 0 Å². The molecular weight excluding hydrogens is 220 g/mol. The van der Waals surface area contributed by atoms with E-state index in [9.17, 15) is 4.79 Å². The van der Waals surface area contributed by atoms with Crippen molar-refractivity contribution < 1.29 is 4.79 Å². The van der Waals surface area contributed by atoms with Gasteiger partial charge in [-0.05, 0) is 5.92 Å². The molecular formula is C12H18N2OS. The molecule has 1 heterocycles. The molecule has 0 unspecified atom stereocenters. The van der Waals surface area contributed by atoms with Crippen LogP contribution in [-0.4, -0.2) is 10.8 Å². The van der Waals surface area contributed by atoms with Crippen LogP contribution in [-0.2, 0) is 6.54 Å². The van der Waals surface area contributed by atoms with Crippen LogP contribution in [0.3, 0.4) is 0 Å². The first-order valence-corrected chi connectivity index (χ1v) is 6.85. The smallest absolute Gasteiger partial charge is 0.182 e. The van der Waals surface area contributed by atoms with Crippen molar-refractivity contribution in [3.63, 3.8) is 0 Å². The number of Topliss-reactive ketones (excluding diaryl/α,β-unsaturated/α-hetero) is 1. The Morgan fingerprint density at radius 2 is 2.19 bits per heavy atom. The summed E-state index contributed by atoms with van der Waals surface area (Å²) in [6, 6.07) is 0. The molecule has 0 aliphatic heterocycles. The quantitative estimate of drug-likeness (QED) is 0.821. The fourth-order valence-electron chi connectivity index (χ4n) is 2.29. The molecule has 2 rings (SSSR count). The molecule has 1 aliphatic rings. The van der Waals surface area contributed by atoms with Gasteiger partial charge in [0.1, 0.15) is 10.7 Å². The van der Waals surface area contributed by atoms with E-state index in [1.54, 1.807) is 0 Å². The molecule has 1 aromatic heterocycles. The lowest BCUT2D eigenvalue weighted by Crippen LogP contribution is -2.12. The maximum atomic E-state index is 11.9. The van der Waals surface area contributed by atoms with Crippen LogP contribution in [0.25, 0.3) is 0 Å². The Morgan fingerprint density at radius 1 is 1.44 bits per heavy atom. The zero-order chi connectivity index (χ0) is 11.4. The number of ketones is 1. The van der Waals surface area contributed by atoms with E-state index in [-0.39, 0.29) is 5.78 Å². The molecule has 0 saturated heterocycles. The molecule has 0 bridgehead atoms. The number of carbonyl (C=O) groups excluding carboxylic acids is 1. The third-order valence-electron chi connectivity index (χ3n) is 3.21. The van der Waals surface area contributed by atoms with E-state index in [4.69, 9.17) is 5.73 Å². The molecule has 0 radical (unpaired) electrons. The van der Waals surface area contributed by atoms with Gasteiger partial charge in [0, 0.05) is 18.3 Å². The summed E-state index contributed by atoms with van der Waals surface area (Å²) < 4.78 is 0. The summed E-state index contributed by atoms with van der Waals surface area (Å²) in [4.78, 5) is 16.2. The third-order valence-corrected chi connectivity index (χ3v) is 4.08. The zero-order valence-corrected chi connectivity index (χ0v) is 10.3. The van der Waals surface area contributed by atoms with E-state index in [0.717, 1.165) is 5.01 Å². The summed E-state index contributed by atoms with van der Waals surface area (Å²) in [6.45, 7) is 0.432. The minimum atomic E-state index is 0.197. The van der Waals surface area contributed by atoms with Gasteiger partial charge in [-0.25, -0.2) is 4.98 Å². The second-order valence-corrected chi connectivity index (χ2v) is 5.40. The van der Waals surface area contributed by atoms with Crippen LogP contribution in [0, 0.1) is 5.92 Å². The fourth-order valence-corrected chi connectivity index (χ4v) is 2.97. The monoisotopic (exact) mass is 238 g/mol. The van der Waals surface area contributed by atoms with E-state index in [0.29, 0.717) is 24.6 Å². The number of hydrogen-bond acceptors (Lipinski definition) is 4. The molecule has 1 aromatic rings. The molecule has 16 heavy (non-hydrogen) atoms. The molecule has 0 atom stereocenters. The highest BCUT2D eigenvalue weighted by atomic mass is 32.1. The second kappa shape index (κ2) is 5.55. The lowest BCUT2D eigenvalue weighted by molar-refractivity contribution is 0.0946. The summed E-state index contributed by atoms with van der Waals surface area (Å²) >= 11 is 1.48. The van der Waals surface area contributed by atoms with Crippen molar-refractivity contribution >= 4 is 17.1 Å². The predicted octanol–water partition coefficient (Wildman–Crippen LogP) is 2.75. The molecule has 1 saturated carbocycles. The second-order valence-electron chi connectivity index (χ2n) is 4.46. The van der Waals surface area contributed by atoms with E-state index < -0.39 is 0 Å². The van der Waals surface area contributed by atoms with E-state index in [2.05, 4.69) is 4.98 Å². The average Bonchev–Trinajstić information content (AvgIpc) is 2.79. The minimum Gasteiger partial charge on any atom is -0.325 e. The molecule has 88 valence electrons.